The van der Waals surface area contributed by atoms with Gasteiger partial charge >= 0.3 is 5.97 Å². The molecule has 0 radical (unpaired) electrons. The van der Waals surface area contributed by atoms with Crippen LogP contribution in [0.4, 0.5) is 0 Å². The Hall–Kier alpha value is -2.23. The molecule has 0 bridgehead atoms. The van der Waals surface area contributed by atoms with Crippen LogP contribution in [0.2, 0.25) is 0 Å². The predicted molar refractivity (Wildman–Crippen MR) is 71.1 cm³/mol. The molecule has 0 aliphatic heterocycles. The summed E-state index contributed by atoms with van der Waals surface area (Å²) in [4.78, 5) is 11.5. The quantitative estimate of drug-likeness (QED) is 0.673. The summed E-state index contributed by atoms with van der Waals surface area (Å²) in [6, 6.07) is 5.80. The molecular formula is C15H14O4. The van der Waals surface area contributed by atoms with Gasteiger partial charge in [0, 0.05) is 16.3 Å². The number of hydrogen-bond acceptors (Lipinski definition) is 4. The van der Waals surface area contributed by atoms with Crippen molar-refractivity contribution in [2.75, 3.05) is 6.61 Å². The predicted octanol–water partition coefficient (Wildman–Crippen LogP) is 3.59. The molecule has 0 saturated carbocycles. The van der Waals surface area contributed by atoms with E-state index in [1.807, 2.05) is 25.1 Å². The number of fused-ring (bicyclic) bond motifs is 2. The van der Waals surface area contributed by atoms with E-state index in [-0.39, 0.29) is 12.4 Å². The van der Waals surface area contributed by atoms with E-state index in [9.17, 15) is 4.79 Å². The molecule has 0 aliphatic rings. The molecule has 0 spiro atoms. The Labute approximate surface area is 109 Å². The summed E-state index contributed by atoms with van der Waals surface area (Å²) in [7, 11) is 0. The fourth-order valence-electron chi connectivity index (χ4n) is 2.25. The van der Waals surface area contributed by atoms with Crippen LogP contribution in [0.1, 0.15) is 18.2 Å². The Morgan fingerprint density at radius 3 is 2.89 bits per heavy atom. The lowest BCUT2D eigenvalue weighted by molar-refractivity contribution is -0.142. The first-order valence-corrected chi connectivity index (χ1v) is 6.23. The van der Waals surface area contributed by atoms with E-state index in [1.54, 1.807) is 13.2 Å². The van der Waals surface area contributed by atoms with Gasteiger partial charge in [-0.2, -0.15) is 0 Å². The van der Waals surface area contributed by atoms with Crippen molar-refractivity contribution in [2.24, 2.45) is 0 Å². The summed E-state index contributed by atoms with van der Waals surface area (Å²) in [6.07, 6.45) is 1.82. The number of furan rings is 2. The van der Waals surface area contributed by atoms with Crippen LogP contribution in [0.25, 0.3) is 21.9 Å². The minimum Gasteiger partial charge on any atom is -0.466 e. The Balaban J connectivity index is 2.05. The summed E-state index contributed by atoms with van der Waals surface area (Å²) < 4.78 is 16.0. The third-order valence-electron chi connectivity index (χ3n) is 3.06. The van der Waals surface area contributed by atoms with Gasteiger partial charge < -0.3 is 13.6 Å². The van der Waals surface area contributed by atoms with Gasteiger partial charge in [-0.3, -0.25) is 4.79 Å². The fraction of sp³-hybridized carbons (Fsp3) is 0.267. The van der Waals surface area contributed by atoms with Crippen molar-refractivity contribution < 1.29 is 18.4 Å². The molecule has 0 atom stereocenters. The molecule has 0 unspecified atom stereocenters. The smallest absolute Gasteiger partial charge is 0.310 e. The number of hydrogen-bond donors (Lipinski definition) is 0. The third kappa shape index (κ3) is 2.10. The average molecular weight is 258 g/mol. The SMILES string of the molecule is CCOC(=O)Cc1coc2cc3cc(C)oc3cc12. The van der Waals surface area contributed by atoms with Crippen LogP contribution >= 0.6 is 0 Å². The van der Waals surface area contributed by atoms with Crippen LogP contribution in [-0.4, -0.2) is 12.6 Å². The molecule has 4 nitrogen and oxygen atoms in total. The maximum atomic E-state index is 11.5. The minimum atomic E-state index is -0.249. The van der Waals surface area contributed by atoms with Crippen molar-refractivity contribution in [2.45, 2.75) is 20.3 Å². The maximum absolute atomic E-state index is 11.5. The molecule has 0 saturated heterocycles. The van der Waals surface area contributed by atoms with Gasteiger partial charge in [0.05, 0.1) is 19.3 Å². The summed E-state index contributed by atoms with van der Waals surface area (Å²) >= 11 is 0. The fourth-order valence-corrected chi connectivity index (χ4v) is 2.25. The number of carbonyl (C=O) groups is 1. The third-order valence-corrected chi connectivity index (χ3v) is 3.06. The Morgan fingerprint density at radius 2 is 2.11 bits per heavy atom. The van der Waals surface area contributed by atoms with Crippen LogP contribution in [0, 0.1) is 6.92 Å². The molecule has 2 aromatic heterocycles. The Bertz CT molecular complexity index is 748. The van der Waals surface area contributed by atoms with E-state index in [1.165, 1.54) is 0 Å². The molecule has 19 heavy (non-hydrogen) atoms. The van der Waals surface area contributed by atoms with Gasteiger partial charge in [0.15, 0.2) is 0 Å². The normalized spacial score (nSPS) is 11.3. The van der Waals surface area contributed by atoms with Gasteiger partial charge in [0.2, 0.25) is 0 Å². The molecule has 0 amide bonds. The molecule has 4 heteroatoms. The highest BCUT2D eigenvalue weighted by atomic mass is 16.5. The molecule has 3 aromatic rings. The highest BCUT2D eigenvalue weighted by molar-refractivity contribution is 5.96. The summed E-state index contributed by atoms with van der Waals surface area (Å²) in [5, 5.41) is 1.90. The Kier molecular flexibility index (Phi) is 2.78. The van der Waals surface area contributed by atoms with Gasteiger partial charge in [-0.25, -0.2) is 0 Å². The lowest BCUT2D eigenvalue weighted by Gasteiger charge is -1.99. The van der Waals surface area contributed by atoms with Crippen LogP contribution in [0.3, 0.4) is 0 Å². The molecule has 0 N–H and O–H groups in total. The largest absolute Gasteiger partial charge is 0.466 e. The first-order chi connectivity index (χ1) is 9.17. The number of carbonyl (C=O) groups excluding carboxylic acids is 1. The summed E-state index contributed by atoms with van der Waals surface area (Å²) in [5.74, 6) is 0.607. The second kappa shape index (κ2) is 4.46. The lowest BCUT2D eigenvalue weighted by atomic mass is 10.1. The van der Waals surface area contributed by atoms with E-state index in [0.29, 0.717) is 6.61 Å². The van der Waals surface area contributed by atoms with Gasteiger partial charge in [0.25, 0.3) is 0 Å². The number of aryl methyl sites for hydroxylation is 1. The van der Waals surface area contributed by atoms with E-state index in [2.05, 4.69) is 0 Å². The highest BCUT2D eigenvalue weighted by Crippen LogP contribution is 2.29. The molecule has 98 valence electrons. The average Bonchev–Trinajstić information content (AvgIpc) is 2.89. The number of rotatable bonds is 3. The highest BCUT2D eigenvalue weighted by Gasteiger charge is 2.13. The molecule has 2 heterocycles. The molecule has 0 fully saturated rings. The minimum absolute atomic E-state index is 0.214. The molecule has 1 aromatic carbocycles. The van der Waals surface area contributed by atoms with Crippen LogP contribution < -0.4 is 0 Å². The zero-order chi connectivity index (χ0) is 13.4. The Morgan fingerprint density at radius 1 is 1.26 bits per heavy atom. The number of esters is 1. The van der Waals surface area contributed by atoms with Crippen molar-refractivity contribution in [1.29, 1.82) is 0 Å². The number of ether oxygens (including phenoxy) is 1. The zero-order valence-corrected chi connectivity index (χ0v) is 10.9. The lowest BCUT2D eigenvalue weighted by Crippen LogP contribution is -2.06. The van der Waals surface area contributed by atoms with Gasteiger partial charge in [-0.15, -0.1) is 0 Å². The van der Waals surface area contributed by atoms with Crippen molar-refractivity contribution in [3.63, 3.8) is 0 Å². The van der Waals surface area contributed by atoms with E-state index < -0.39 is 0 Å². The topological polar surface area (TPSA) is 52.6 Å². The summed E-state index contributed by atoms with van der Waals surface area (Å²) in [5.41, 5.74) is 2.38. The van der Waals surface area contributed by atoms with E-state index in [0.717, 1.165) is 33.3 Å². The zero-order valence-electron chi connectivity index (χ0n) is 10.9. The first-order valence-electron chi connectivity index (χ1n) is 6.23. The van der Waals surface area contributed by atoms with Crippen LogP contribution in [0.5, 0.6) is 0 Å². The summed E-state index contributed by atoms with van der Waals surface area (Å²) in [6.45, 7) is 4.08. The van der Waals surface area contributed by atoms with Gasteiger partial charge in [0.1, 0.15) is 16.9 Å². The first kappa shape index (κ1) is 11.8. The molecule has 3 rings (SSSR count). The monoisotopic (exact) mass is 258 g/mol. The van der Waals surface area contributed by atoms with Gasteiger partial charge in [-0.1, -0.05) is 0 Å². The van der Waals surface area contributed by atoms with E-state index >= 15 is 0 Å². The second-order valence-electron chi connectivity index (χ2n) is 4.49. The second-order valence-corrected chi connectivity index (χ2v) is 4.49. The van der Waals surface area contributed by atoms with Gasteiger partial charge in [-0.05, 0) is 32.0 Å². The number of benzene rings is 1. The maximum Gasteiger partial charge on any atom is 0.310 e. The van der Waals surface area contributed by atoms with Crippen molar-refractivity contribution in [3.05, 3.63) is 35.8 Å². The van der Waals surface area contributed by atoms with Crippen LogP contribution in [-0.2, 0) is 16.0 Å². The van der Waals surface area contributed by atoms with Crippen molar-refractivity contribution in [3.8, 4) is 0 Å². The van der Waals surface area contributed by atoms with E-state index in [4.69, 9.17) is 13.6 Å². The standard InChI is InChI=1S/C15H14O4/c1-3-17-15(16)6-11-8-18-14-5-10-4-9(2)19-13(10)7-12(11)14/h4-5,7-8H,3,6H2,1-2H3. The molecular weight excluding hydrogens is 244 g/mol. The van der Waals surface area contributed by atoms with Crippen molar-refractivity contribution >= 4 is 27.9 Å². The van der Waals surface area contributed by atoms with Crippen LogP contribution in [0.15, 0.2) is 33.3 Å². The van der Waals surface area contributed by atoms with Crippen molar-refractivity contribution in [1.82, 2.24) is 0 Å². The molecule has 0 aliphatic carbocycles.